The van der Waals surface area contributed by atoms with E-state index in [1.54, 1.807) is 12.1 Å². The first-order chi connectivity index (χ1) is 12.7. The van der Waals surface area contributed by atoms with Gasteiger partial charge in [-0.1, -0.05) is 30.7 Å². The zero-order chi connectivity index (χ0) is 18.4. The van der Waals surface area contributed by atoms with Gasteiger partial charge in [-0.05, 0) is 80.5 Å². The summed E-state index contributed by atoms with van der Waals surface area (Å²) in [6.45, 7) is 2.19. The molecule has 0 atom stereocenters. The predicted molar refractivity (Wildman–Crippen MR) is 106 cm³/mol. The van der Waals surface area contributed by atoms with Gasteiger partial charge in [0.1, 0.15) is 5.82 Å². The van der Waals surface area contributed by atoms with E-state index in [0.29, 0.717) is 5.82 Å². The molecule has 0 spiro atoms. The van der Waals surface area contributed by atoms with E-state index in [9.17, 15) is 4.39 Å². The second kappa shape index (κ2) is 9.27. The molecule has 2 aromatic rings. The van der Waals surface area contributed by atoms with Crippen molar-refractivity contribution in [3.05, 3.63) is 59.1 Å². The van der Waals surface area contributed by atoms with Crippen molar-refractivity contribution in [1.29, 1.82) is 0 Å². The van der Waals surface area contributed by atoms with E-state index in [1.165, 1.54) is 38.2 Å². The number of allylic oxidation sites excluding steroid dienone is 2. The molecule has 2 nitrogen and oxygen atoms in total. The number of aryl methyl sites for hydroxylation is 1. The minimum atomic E-state index is -0.424. The van der Waals surface area contributed by atoms with Gasteiger partial charge >= 0.3 is 0 Å². The molecule has 0 radical (unpaired) electrons. The maximum absolute atomic E-state index is 13.3. The number of aromatic nitrogens is 2. The third-order valence-electron chi connectivity index (χ3n) is 5.26. The van der Waals surface area contributed by atoms with Gasteiger partial charge in [0, 0.05) is 18.0 Å². The molecular formula is C22H26ClFN2. The fourth-order valence-electron chi connectivity index (χ4n) is 3.64. The van der Waals surface area contributed by atoms with Gasteiger partial charge in [-0.3, -0.25) is 0 Å². The molecule has 1 fully saturated rings. The quantitative estimate of drug-likeness (QED) is 0.531. The number of hydrogen-bond acceptors (Lipinski definition) is 2. The van der Waals surface area contributed by atoms with E-state index < -0.39 is 5.82 Å². The summed E-state index contributed by atoms with van der Waals surface area (Å²) < 4.78 is 13.3. The Balaban J connectivity index is 1.50. The molecule has 1 aliphatic carbocycles. The molecule has 3 rings (SSSR count). The Morgan fingerprint density at radius 3 is 2.54 bits per heavy atom. The lowest BCUT2D eigenvalue weighted by atomic mass is 9.79. The molecule has 1 heterocycles. The van der Waals surface area contributed by atoms with Crippen molar-refractivity contribution in [2.75, 3.05) is 0 Å². The minimum Gasteiger partial charge on any atom is -0.236 e. The van der Waals surface area contributed by atoms with Crippen LogP contribution in [0.4, 0.5) is 4.39 Å². The van der Waals surface area contributed by atoms with E-state index >= 15 is 0 Å². The standard InChI is InChI=1S/C22H26ClFN2/c1-2-3-4-16-5-7-17(8-6-16)9-10-18-14-25-22(26-15-18)19-11-12-21(24)20(23)13-19/h3-4,11-17H,2,5-10H2,1H3. The van der Waals surface area contributed by atoms with Crippen molar-refractivity contribution >= 4 is 11.6 Å². The summed E-state index contributed by atoms with van der Waals surface area (Å²) in [5.41, 5.74) is 1.90. The van der Waals surface area contributed by atoms with Gasteiger partial charge < -0.3 is 0 Å². The Morgan fingerprint density at radius 1 is 1.15 bits per heavy atom. The first-order valence-corrected chi connectivity index (χ1v) is 9.96. The molecule has 0 saturated heterocycles. The third kappa shape index (κ3) is 5.14. The fraction of sp³-hybridized carbons (Fsp3) is 0.455. The highest BCUT2D eigenvalue weighted by molar-refractivity contribution is 6.31. The number of rotatable bonds is 6. The molecule has 4 heteroatoms. The fourth-order valence-corrected chi connectivity index (χ4v) is 3.82. The monoisotopic (exact) mass is 372 g/mol. The largest absolute Gasteiger partial charge is 0.236 e. The van der Waals surface area contributed by atoms with Crippen LogP contribution in [-0.4, -0.2) is 9.97 Å². The molecule has 0 aliphatic heterocycles. The van der Waals surface area contributed by atoms with Gasteiger partial charge in [-0.15, -0.1) is 0 Å². The summed E-state index contributed by atoms with van der Waals surface area (Å²) in [5, 5.41) is 0.0968. The van der Waals surface area contributed by atoms with E-state index in [-0.39, 0.29) is 5.02 Å². The second-order valence-electron chi connectivity index (χ2n) is 7.20. The van der Waals surface area contributed by atoms with Crippen LogP contribution in [0.2, 0.25) is 5.02 Å². The lowest BCUT2D eigenvalue weighted by Crippen LogP contribution is -2.13. The molecule has 0 bridgehead atoms. The number of halogens is 2. The van der Waals surface area contributed by atoms with Crippen LogP contribution in [0.25, 0.3) is 11.4 Å². The topological polar surface area (TPSA) is 25.8 Å². The normalized spacial score (nSPS) is 20.6. The van der Waals surface area contributed by atoms with Crippen molar-refractivity contribution in [2.24, 2.45) is 11.8 Å². The van der Waals surface area contributed by atoms with Crippen molar-refractivity contribution in [3.8, 4) is 11.4 Å². The molecule has 26 heavy (non-hydrogen) atoms. The van der Waals surface area contributed by atoms with Crippen LogP contribution < -0.4 is 0 Å². The lowest BCUT2D eigenvalue weighted by molar-refractivity contribution is 0.296. The Morgan fingerprint density at radius 2 is 1.88 bits per heavy atom. The molecule has 138 valence electrons. The maximum atomic E-state index is 13.3. The van der Waals surface area contributed by atoms with Crippen molar-refractivity contribution in [1.82, 2.24) is 9.97 Å². The summed E-state index contributed by atoms with van der Waals surface area (Å²) in [4.78, 5) is 8.86. The Bertz CT molecular complexity index is 734. The SMILES string of the molecule is CCC=CC1CCC(CCc2cnc(-c3ccc(F)c(Cl)c3)nc2)CC1. The summed E-state index contributed by atoms with van der Waals surface area (Å²) in [7, 11) is 0. The smallest absolute Gasteiger partial charge is 0.159 e. The van der Waals surface area contributed by atoms with Crippen molar-refractivity contribution in [2.45, 2.75) is 51.9 Å². The van der Waals surface area contributed by atoms with Crippen LogP contribution in [-0.2, 0) is 6.42 Å². The van der Waals surface area contributed by atoms with Crippen molar-refractivity contribution in [3.63, 3.8) is 0 Å². The molecule has 0 unspecified atom stereocenters. The average molecular weight is 373 g/mol. The highest BCUT2D eigenvalue weighted by Crippen LogP contribution is 2.32. The second-order valence-corrected chi connectivity index (χ2v) is 7.61. The molecule has 0 amide bonds. The summed E-state index contributed by atoms with van der Waals surface area (Å²) in [5.74, 6) is 1.76. The molecule has 1 aromatic carbocycles. The summed E-state index contributed by atoms with van der Waals surface area (Å²) >= 11 is 5.83. The highest BCUT2D eigenvalue weighted by Gasteiger charge is 2.19. The van der Waals surface area contributed by atoms with Gasteiger partial charge in [0.15, 0.2) is 5.82 Å². The third-order valence-corrected chi connectivity index (χ3v) is 5.55. The van der Waals surface area contributed by atoms with Gasteiger partial charge in [0.05, 0.1) is 5.02 Å². The van der Waals surface area contributed by atoms with Crippen LogP contribution in [0, 0.1) is 17.7 Å². The van der Waals surface area contributed by atoms with E-state index in [4.69, 9.17) is 11.6 Å². The molecule has 1 saturated carbocycles. The highest BCUT2D eigenvalue weighted by atomic mass is 35.5. The summed E-state index contributed by atoms with van der Waals surface area (Å²) in [6.07, 6.45) is 17.1. The van der Waals surface area contributed by atoms with E-state index in [2.05, 4.69) is 29.0 Å². The van der Waals surface area contributed by atoms with Gasteiger partial charge in [-0.2, -0.15) is 0 Å². The number of benzene rings is 1. The molecule has 0 N–H and O–H groups in total. The van der Waals surface area contributed by atoms with Crippen LogP contribution >= 0.6 is 11.6 Å². The minimum absolute atomic E-state index is 0.0968. The van der Waals surface area contributed by atoms with Crippen LogP contribution in [0.5, 0.6) is 0 Å². The molecular weight excluding hydrogens is 347 g/mol. The van der Waals surface area contributed by atoms with Crippen LogP contribution in [0.15, 0.2) is 42.7 Å². The first-order valence-electron chi connectivity index (χ1n) is 9.58. The predicted octanol–water partition coefficient (Wildman–Crippen LogP) is 6.64. The zero-order valence-electron chi connectivity index (χ0n) is 15.3. The zero-order valence-corrected chi connectivity index (χ0v) is 16.1. The van der Waals surface area contributed by atoms with Gasteiger partial charge in [0.25, 0.3) is 0 Å². The first kappa shape index (κ1) is 19.0. The van der Waals surface area contributed by atoms with E-state index in [0.717, 1.165) is 35.8 Å². The Kier molecular flexibility index (Phi) is 6.79. The van der Waals surface area contributed by atoms with Gasteiger partial charge in [0.2, 0.25) is 0 Å². The molecule has 1 aliphatic rings. The summed E-state index contributed by atoms with van der Waals surface area (Å²) in [6, 6.07) is 4.57. The average Bonchev–Trinajstić information content (AvgIpc) is 2.68. The van der Waals surface area contributed by atoms with E-state index in [1.807, 2.05) is 12.4 Å². The van der Waals surface area contributed by atoms with Crippen LogP contribution in [0.3, 0.4) is 0 Å². The molecule has 1 aromatic heterocycles. The van der Waals surface area contributed by atoms with Crippen LogP contribution in [0.1, 0.15) is 51.0 Å². The maximum Gasteiger partial charge on any atom is 0.159 e. The number of hydrogen-bond donors (Lipinski definition) is 0. The Hall–Kier alpha value is -1.74. The lowest BCUT2D eigenvalue weighted by Gasteiger charge is -2.26. The van der Waals surface area contributed by atoms with Gasteiger partial charge in [-0.25, -0.2) is 14.4 Å². The number of nitrogens with zero attached hydrogens (tertiary/aromatic N) is 2. The van der Waals surface area contributed by atoms with Crippen molar-refractivity contribution < 1.29 is 4.39 Å². The Labute approximate surface area is 160 Å².